The van der Waals surface area contributed by atoms with Gasteiger partial charge in [0.1, 0.15) is 4.62 Å². The third-order valence-electron chi connectivity index (χ3n) is 1.66. The van der Waals surface area contributed by atoms with Crippen LogP contribution in [-0.2, 0) is 0 Å². The van der Waals surface area contributed by atoms with Gasteiger partial charge in [0.2, 0.25) is 0 Å². The Balaban J connectivity index is 2.32. The zero-order valence-corrected chi connectivity index (χ0v) is 8.92. The summed E-state index contributed by atoms with van der Waals surface area (Å²) in [5.41, 5.74) is 0. The van der Waals surface area contributed by atoms with Crippen molar-refractivity contribution in [1.82, 2.24) is 4.98 Å². The van der Waals surface area contributed by atoms with Crippen LogP contribution in [0.5, 0.6) is 0 Å². The number of rotatable bonds is 1. The van der Waals surface area contributed by atoms with Crippen LogP contribution in [0.1, 0.15) is 0 Å². The first-order chi connectivity index (χ1) is 6.86. The molecule has 0 aliphatic carbocycles. The lowest BCUT2D eigenvalue weighted by Crippen LogP contribution is -2.09. The fourth-order valence-electron chi connectivity index (χ4n) is 1.05. The third kappa shape index (κ3) is 2.09. The van der Waals surface area contributed by atoms with Crippen molar-refractivity contribution in [3.05, 3.63) is 48.8 Å². The number of allylic oxidation sites excluding steroid dienone is 3. The first-order valence-electron chi connectivity index (χ1n) is 4.15. The number of hydrogen-bond acceptors (Lipinski definition) is 3. The van der Waals surface area contributed by atoms with E-state index in [1.807, 2.05) is 42.6 Å². The second-order valence-corrected chi connectivity index (χ2v) is 3.47. The van der Waals surface area contributed by atoms with Crippen LogP contribution in [0.15, 0.2) is 53.9 Å². The monoisotopic (exact) mass is 249 g/mol. The molecule has 1 aliphatic heterocycles. The van der Waals surface area contributed by atoms with Crippen molar-refractivity contribution in [3.8, 4) is 0 Å². The Morgan fingerprint density at radius 2 is 2.14 bits per heavy atom. The summed E-state index contributed by atoms with van der Waals surface area (Å²) < 4.78 is 0.771. The van der Waals surface area contributed by atoms with E-state index in [-0.39, 0.29) is 0 Å². The molecule has 1 aromatic rings. The molecule has 0 fully saturated rings. The summed E-state index contributed by atoms with van der Waals surface area (Å²) in [5.74, 6) is 0.796. The van der Waals surface area contributed by atoms with Gasteiger partial charge in [-0.05, 0) is 40.2 Å². The molecule has 4 heteroatoms. The van der Waals surface area contributed by atoms with Gasteiger partial charge < -0.3 is 0 Å². The molecule has 2 heterocycles. The van der Waals surface area contributed by atoms with E-state index in [1.165, 1.54) is 0 Å². The lowest BCUT2D eigenvalue weighted by atomic mass is 10.4. The molecule has 0 aromatic carbocycles. The van der Waals surface area contributed by atoms with Gasteiger partial charge in [0.15, 0.2) is 5.82 Å². The van der Waals surface area contributed by atoms with Gasteiger partial charge in [-0.25, -0.2) is 9.99 Å². The van der Waals surface area contributed by atoms with E-state index in [0.29, 0.717) is 0 Å². The Morgan fingerprint density at radius 1 is 1.21 bits per heavy atom. The number of halogens is 1. The van der Waals surface area contributed by atoms with E-state index in [1.54, 1.807) is 11.2 Å². The molecule has 14 heavy (non-hydrogen) atoms. The van der Waals surface area contributed by atoms with Crippen molar-refractivity contribution in [3.63, 3.8) is 0 Å². The SMILES string of the molecule is BrC1=NN(c2ccccn2)C=CC=C1. The topological polar surface area (TPSA) is 28.5 Å². The van der Waals surface area contributed by atoms with Gasteiger partial charge in [-0.2, -0.15) is 5.10 Å². The summed E-state index contributed by atoms with van der Waals surface area (Å²) in [4.78, 5) is 4.20. The quantitative estimate of drug-likeness (QED) is 0.766. The Bertz CT molecular complexity index is 395. The standard InChI is InChI=1S/C10H8BrN3/c11-9-5-2-4-8-14(13-9)10-6-1-3-7-12-10/h1-8H. The van der Waals surface area contributed by atoms with Gasteiger partial charge in [0.05, 0.1) is 0 Å². The average molecular weight is 250 g/mol. The van der Waals surface area contributed by atoms with Crippen molar-refractivity contribution >= 4 is 26.4 Å². The Kier molecular flexibility index (Phi) is 2.74. The second-order valence-electron chi connectivity index (χ2n) is 2.66. The van der Waals surface area contributed by atoms with Crippen molar-refractivity contribution in [2.75, 3.05) is 5.01 Å². The number of anilines is 1. The predicted molar refractivity (Wildman–Crippen MR) is 61.4 cm³/mol. The van der Waals surface area contributed by atoms with Crippen LogP contribution in [0, 0.1) is 0 Å². The first kappa shape index (κ1) is 9.15. The molecule has 0 radical (unpaired) electrons. The number of aromatic nitrogens is 1. The van der Waals surface area contributed by atoms with Gasteiger partial charge in [0.25, 0.3) is 0 Å². The molecule has 0 spiro atoms. The average Bonchev–Trinajstić information content (AvgIpc) is 2.44. The maximum atomic E-state index is 4.28. The number of hydrazone groups is 1. The van der Waals surface area contributed by atoms with E-state index in [2.05, 4.69) is 26.0 Å². The van der Waals surface area contributed by atoms with Crippen LogP contribution in [-0.4, -0.2) is 9.60 Å². The molecule has 70 valence electrons. The van der Waals surface area contributed by atoms with Gasteiger partial charge in [-0.15, -0.1) is 0 Å². The normalized spacial score (nSPS) is 15.2. The molecule has 1 aliphatic rings. The molecular weight excluding hydrogens is 242 g/mol. The minimum Gasteiger partial charge on any atom is -0.237 e. The molecule has 0 saturated heterocycles. The highest BCUT2D eigenvalue weighted by molar-refractivity contribution is 9.18. The Labute approximate surface area is 90.6 Å². The highest BCUT2D eigenvalue weighted by Crippen LogP contribution is 2.13. The van der Waals surface area contributed by atoms with E-state index < -0.39 is 0 Å². The fourth-order valence-corrected chi connectivity index (χ4v) is 1.38. The van der Waals surface area contributed by atoms with E-state index >= 15 is 0 Å². The van der Waals surface area contributed by atoms with Crippen LogP contribution < -0.4 is 5.01 Å². The summed E-state index contributed by atoms with van der Waals surface area (Å²) in [5, 5.41) is 5.99. The fraction of sp³-hybridized carbons (Fsp3) is 0. The van der Waals surface area contributed by atoms with Crippen LogP contribution in [0.2, 0.25) is 0 Å². The molecule has 2 rings (SSSR count). The zero-order chi connectivity index (χ0) is 9.80. The minimum atomic E-state index is 0.771. The second kappa shape index (κ2) is 4.19. The van der Waals surface area contributed by atoms with Crippen molar-refractivity contribution in [2.24, 2.45) is 5.10 Å². The predicted octanol–water partition coefficient (Wildman–Crippen LogP) is 2.68. The van der Waals surface area contributed by atoms with Gasteiger partial charge in [-0.3, -0.25) is 0 Å². The summed E-state index contributed by atoms with van der Waals surface area (Å²) >= 11 is 3.33. The van der Waals surface area contributed by atoms with E-state index in [0.717, 1.165) is 10.4 Å². The summed E-state index contributed by atoms with van der Waals surface area (Å²) in [6, 6.07) is 5.71. The smallest absolute Gasteiger partial charge is 0.153 e. The summed E-state index contributed by atoms with van der Waals surface area (Å²) in [6.07, 6.45) is 9.29. The minimum absolute atomic E-state index is 0.771. The number of pyridine rings is 1. The van der Waals surface area contributed by atoms with E-state index in [4.69, 9.17) is 0 Å². The maximum Gasteiger partial charge on any atom is 0.153 e. The lowest BCUT2D eigenvalue weighted by molar-refractivity contribution is 1.04. The molecule has 0 amide bonds. The van der Waals surface area contributed by atoms with Crippen molar-refractivity contribution < 1.29 is 0 Å². The number of nitrogens with zero attached hydrogens (tertiary/aromatic N) is 3. The first-order valence-corrected chi connectivity index (χ1v) is 4.95. The van der Waals surface area contributed by atoms with Crippen molar-refractivity contribution in [2.45, 2.75) is 0 Å². The molecule has 0 unspecified atom stereocenters. The highest BCUT2D eigenvalue weighted by atomic mass is 79.9. The van der Waals surface area contributed by atoms with E-state index in [9.17, 15) is 0 Å². The Morgan fingerprint density at radius 3 is 2.93 bits per heavy atom. The molecule has 0 saturated carbocycles. The molecule has 1 aromatic heterocycles. The van der Waals surface area contributed by atoms with Crippen LogP contribution in [0.3, 0.4) is 0 Å². The molecule has 0 N–H and O–H groups in total. The van der Waals surface area contributed by atoms with Crippen LogP contribution in [0.25, 0.3) is 0 Å². The highest BCUT2D eigenvalue weighted by Gasteiger charge is 2.03. The molecule has 0 bridgehead atoms. The zero-order valence-electron chi connectivity index (χ0n) is 7.34. The largest absolute Gasteiger partial charge is 0.237 e. The van der Waals surface area contributed by atoms with Crippen LogP contribution >= 0.6 is 15.9 Å². The van der Waals surface area contributed by atoms with Gasteiger partial charge in [-0.1, -0.05) is 12.1 Å². The molecule has 0 atom stereocenters. The third-order valence-corrected chi connectivity index (χ3v) is 2.08. The van der Waals surface area contributed by atoms with Crippen LogP contribution in [0.4, 0.5) is 5.82 Å². The van der Waals surface area contributed by atoms with Gasteiger partial charge >= 0.3 is 0 Å². The summed E-state index contributed by atoms with van der Waals surface area (Å²) in [7, 11) is 0. The lowest BCUT2D eigenvalue weighted by Gasteiger charge is -2.11. The summed E-state index contributed by atoms with van der Waals surface area (Å²) in [6.45, 7) is 0. The van der Waals surface area contributed by atoms with Gasteiger partial charge in [0, 0.05) is 12.4 Å². The Hall–Kier alpha value is -1.42. The molecular formula is C10H8BrN3. The maximum absolute atomic E-state index is 4.28. The number of hydrogen-bond donors (Lipinski definition) is 0. The molecule has 3 nitrogen and oxygen atoms in total. The van der Waals surface area contributed by atoms with Crippen molar-refractivity contribution in [1.29, 1.82) is 0 Å².